The second kappa shape index (κ2) is 4.63. The summed E-state index contributed by atoms with van der Waals surface area (Å²) in [6, 6.07) is 7.11. The summed E-state index contributed by atoms with van der Waals surface area (Å²) in [6.45, 7) is 0. The van der Waals surface area contributed by atoms with Crippen LogP contribution in [0.2, 0.25) is 0 Å². The summed E-state index contributed by atoms with van der Waals surface area (Å²) < 4.78 is 0. The monoisotopic (exact) mass is 280 g/mol. The van der Waals surface area contributed by atoms with Crippen LogP contribution < -0.4 is 0 Å². The normalized spacial score (nSPS) is 36.1. The van der Waals surface area contributed by atoms with Crippen LogP contribution in [0.4, 0.5) is 0 Å². The zero-order valence-electron chi connectivity index (χ0n) is 12.1. The van der Waals surface area contributed by atoms with Crippen LogP contribution >= 0.6 is 0 Å². The van der Waals surface area contributed by atoms with Gasteiger partial charge in [0.15, 0.2) is 0 Å². The van der Waals surface area contributed by atoms with Gasteiger partial charge in [-0.25, -0.2) is 4.79 Å². The maximum Gasteiger partial charge on any atom is 0.336 e. The first kappa shape index (κ1) is 13.0. The van der Waals surface area contributed by atoms with E-state index in [0.29, 0.717) is 11.1 Å². The highest BCUT2D eigenvalue weighted by Gasteiger charge is 2.50. The zero-order valence-corrected chi connectivity index (χ0v) is 12.1. The van der Waals surface area contributed by atoms with Crippen molar-refractivity contribution in [2.75, 3.05) is 0 Å². The van der Waals surface area contributed by atoms with Gasteiger partial charge in [-0.15, -0.1) is 0 Å². The Morgan fingerprint density at radius 1 is 1.05 bits per heavy atom. The van der Waals surface area contributed by atoms with Gasteiger partial charge in [-0.3, -0.25) is 0 Å². The minimum atomic E-state index is -0.884. The molecule has 4 aliphatic rings. The number of hydrogen-bond acceptors (Lipinski definition) is 1. The van der Waals surface area contributed by atoms with E-state index in [-0.39, 0.29) is 5.41 Å². The van der Waals surface area contributed by atoms with E-state index < -0.39 is 5.97 Å². The third-order valence-electron chi connectivity index (χ3n) is 5.66. The SMILES string of the molecule is O=C(O)c1ccccc1C#CC12CC3CC(CC(C3)C1)C2. The van der Waals surface area contributed by atoms with Crippen molar-refractivity contribution in [1.29, 1.82) is 0 Å². The highest BCUT2D eigenvalue weighted by molar-refractivity contribution is 5.90. The Morgan fingerprint density at radius 3 is 2.19 bits per heavy atom. The smallest absolute Gasteiger partial charge is 0.336 e. The molecule has 0 aliphatic heterocycles. The molecule has 0 saturated heterocycles. The van der Waals surface area contributed by atoms with Crippen LogP contribution in [-0.4, -0.2) is 11.1 Å². The summed E-state index contributed by atoms with van der Waals surface area (Å²) in [5.74, 6) is 8.49. The van der Waals surface area contributed by atoms with E-state index >= 15 is 0 Å². The van der Waals surface area contributed by atoms with E-state index in [1.165, 1.54) is 38.5 Å². The number of benzene rings is 1. The molecule has 4 saturated carbocycles. The molecule has 4 fully saturated rings. The van der Waals surface area contributed by atoms with Gasteiger partial charge in [0.25, 0.3) is 0 Å². The average Bonchev–Trinajstić information content (AvgIpc) is 2.44. The molecule has 108 valence electrons. The van der Waals surface area contributed by atoms with Gasteiger partial charge in [0.2, 0.25) is 0 Å². The quantitative estimate of drug-likeness (QED) is 0.791. The fourth-order valence-electron chi connectivity index (χ4n) is 5.24. The van der Waals surface area contributed by atoms with E-state index in [4.69, 9.17) is 0 Å². The van der Waals surface area contributed by atoms with Crippen molar-refractivity contribution >= 4 is 5.97 Å². The first-order valence-electron chi connectivity index (χ1n) is 7.99. The zero-order chi connectivity index (χ0) is 14.4. The van der Waals surface area contributed by atoms with E-state index in [1.807, 2.05) is 12.1 Å². The highest BCUT2D eigenvalue weighted by Crippen LogP contribution is 2.59. The van der Waals surface area contributed by atoms with Crippen molar-refractivity contribution in [2.45, 2.75) is 38.5 Å². The number of aromatic carboxylic acids is 1. The van der Waals surface area contributed by atoms with Gasteiger partial charge in [-0.1, -0.05) is 24.0 Å². The lowest BCUT2D eigenvalue weighted by Gasteiger charge is -2.54. The first-order chi connectivity index (χ1) is 10.1. The van der Waals surface area contributed by atoms with Gasteiger partial charge >= 0.3 is 5.97 Å². The Kier molecular flexibility index (Phi) is 2.85. The lowest BCUT2D eigenvalue weighted by molar-refractivity contribution is -0.0181. The summed E-state index contributed by atoms with van der Waals surface area (Å²) >= 11 is 0. The Labute approximate surface area is 125 Å². The van der Waals surface area contributed by atoms with Gasteiger partial charge in [0.1, 0.15) is 0 Å². The number of carboxylic acid groups (broad SMARTS) is 1. The minimum absolute atomic E-state index is 0.181. The summed E-state index contributed by atoms with van der Waals surface area (Å²) in [5, 5.41) is 9.26. The molecule has 0 atom stereocenters. The topological polar surface area (TPSA) is 37.3 Å². The van der Waals surface area contributed by atoms with Crippen molar-refractivity contribution in [3.05, 3.63) is 35.4 Å². The molecule has 0 spiro atoms. The molecule has 4 aliphatic carbocycles. The molecule has 1 aromatic rings. The Bertz CT molecular complexity index is 612. The maximum atomic E-state index is 11.3. The molecule has 1 N–H and O–H groups in total. The summed E-state index contributed by atoms with van der Waals surface area (Å²) in [4.78, 5) is 11.3. The molecule has 1 aromatic carbocycles. The van der Waals surface area contributed by atoms with Crippen LogP contribution in [0.25, 0.3) is 0 Å². The van der Waals surface area contributed by atoms with Crippen molar-refractivity contribution in [3.63, 3.8) is 0 Å². The predicted octanol–water partition coefficient (Wildman–Crippen LogP) is 3.95. The molecular weight excluding hydrogens is 260 g/mol. The van der Waals surface area contributed by atoms with Gasteiger partial charge in [0, 0.05) is 11.0 Å². The third-order valence-corrected chi connectivity index (χ3v) is 5.66. The van der Waals surface area contributed by atoms with Crippen LogP contribution in [0.1, 0.15) is 54.4 Å². The number of carboxylic acids is 1. The summed E-state index contributed by atoms with van der Waals surface area (Å²) in [6.07, 6.45) is 7.94. The lowest BCUT2D eigenvalue weighted by Crippen LogP contribution is -2.45. The van der Waals surface area contributed by atoms with Gasteiger partial charge in [-0.2, -0.15) is 0 Å². The molecule has 0 amide bonds. The minimum Gasteiger partial charge on any atom is -0.478 e. The van der Waals surface area contributed by atoms with Crippen molar-refractivity contribution in [2.24, 2.45) is 23.2 Å². The number of rotatable bonds is 1. The summed E-state index contributed by atoms with van der Waals surface area (Å²) in [5.41, 5.74) is 1.18. The molecule has 0 unspecified atom stereocenters. The second-order valence-corrected chi connectivity index (χ2v) is 7.30. The average molecular weight is 280 g/mol. The lowest BCUT2D eigenvalue weighted by atomic mass is 9.50. The van der Waals surface area contributed by atoms with Gasteiger partial charge in [0.05, 0.1) is 5.56 Å². The van der Waals surface area contributed by atoms with Crippen molar-refractivity contribution in [1.82, 2.24) is 0 Å². The Morgan fingerprint density at radius 2 is 1.62 bits per heavy atom. The fraction of sp³-hybridized carbons (Fsp3) is 0.526. The molecule has 0 heterocycles. The van der Waals surface area contributed by atoms with Crippen LogP contribution in [0.15, 0.2) is 24.3 Å². The first-order valence-corrected chi connectivity index (χ1v) is 7.99. The molecule has 21 heavy (non-hydrogen) atoms. The molecule has 0 radical (unpaired) electrons. The van der Waals surface area contributed by atoms with Crippen LogP contribution in [0, 0.1) is 35.0 Å². The second-order valence-electron chi connectivity index (χ2n) is 7.30. The van der Waals surface area contributed by atoms with E-state index in [2.05, 4.69) is 11.8 Å². The summed E-state index contributed by atoms with van der Waals surface area (Å²) in [7, 11) is 0. The number of carbonyl (C=O) groups is 1. The van der Waals surface area contributed by atoms with E-state index in [1.54, 1.807) is 12.1 Å². The van der Waals surface area contributed by atoms with Gasteiger partial charge < -0.3 is 5.11 Å². The predicted molar refractivity (Wildman–Crippen MR) is 80.9 cm³/mol. The molecule has 2 heteroatoms. The van der Waals surface area contributed by atoms with E-state index in [9.17, 15) is 9.90 Å². The fourth-order valence-corrected chi connectivity index (χ4v) is 5.24. The standard InChI is InChI=1S/C19H20O2/c20-18(21)17-4-2-1-3-16(17)5-6-19-10-13-7-14(11-19)9-15(8-13)12-19/h1-4,13-15H,7-12H2,(H,20,21). The molecule has 5 rings (SSSR count). The van der Waals surface area contributed by atoms with Crippen LogP contribution in [-0.2, 0) is 0 Å². The van der Waals surface area contributed by atoms with E-state index in [0.717, 1.165) is 17.8 Å². The van der Waals surface area contributed by atoms with Gasteiger partial charge in [-0.05, 0) is 68.4 Å². The Balaban J connectivity index is 1.67. The molecule has 2 nitrogen and oxygen atoms in total. The highest BCUT2D eigenvalue weighted by atomic mass is 16.4. The molecule has 4 bridgehead atoms. The van der Waals surface area contributed by atoms with Crippen molar-refractivity contribution in [3.8, 4) is 11.8 Å². The third kappa shape index (κ3) is 2.25. The Hall–Kier alpha value is -1.75. The van der Waals surface area contributed by atoms with Crippen molar-refractivity contribution < 1.29 is 9.90 Å². The molecule has 0 aromatic heterocycles. The number of hydrogen-bond donors (Lipinski definition) is 1. The van der Waals surface area contributed by atoms with Crippen LogP contribution in [0.3, 0.4) is 0 Å². The largest absolute Gasteiger partial charge is 0.478 e. The molecular formula is C19H20O2. The maximum absolute atomic E-state index is 11.3. The van der Waals surface area contributed by atoms with Crippen LogP contribution in [0.5, 0.6) is 0 Å².